The quantitative estimate of drug-likeness (QED) is 0.820. The molecule has 21 heavy (non-hydrogen) atoms. The average Bonchev–Trinajstić information content (AvgIpc) is 2.96. The topological polar surface area (TPSA) is 99.2 Å². The van der Waals surface area contributed by atoms with E-state index in [0.29, 0.717) is 31.8 Å². The summed E-state index contributed by atoms with van der Waals surface area (Å²) in [5.41, 5.74) is 4.27. The number of nitrogens with zero attached hydrogens (tertiary/aromatic N) is 2. The Balaban J connectivity index is 1.99. The molecule has 116 valence electrons. The number of carbonyl (C=O) groups excluding carboxylic acids is 2. The van der Waals surface area contributed by atoms with Crippen LogP contribution in [0.1, 0.15) is 51.4 Å². The molecule has 2 rings (SSSR count). The van der Waals surface area contributed by atoms with Gasteiger partial charge in [0.15, 0.2) is 5.54 Å². The van der Waals surface area contributed by atoms with Gasteiger partial charge in [0.05, 0.1) is 6.07 Å². The molecular weight excluding hydrogens is 268 g/mol. The molecule has 2 aliphatic rings. The third-order valence-electron chi connectivity index (χ3n) is 4.73. The SMILES string of the molecule is N#CC1(N(C(N)=O)C(=O)CCC2CCCCC2)CCNC1. The van der Waals surface area contributed by atoms with E-state index in [4.69, 9.17) is 5.73 Å². The molecule has 6 nitrogen and oxygen atoms in total. The van der Waals surface area contributed by atoms with Crippen molar-refractivity contribution in [1.82, 2.24) is 10.2 Å². The minimum Gasteiger partial charge on any atom is -0.351 e. The van der Waals surface area contributed by atoms with E-state index in [2.05, 4.69) is 11.4 Å². The molecule has 1 saturated heterocycles. The first-order chi connectivity index (χ1) is 10.1. The number of hydrogen-bond donors (Lipinski definition) is 2. The molecular formula is C15H24N4O2. The highest BCUT2D eigenvalue weighted by Gasteiger charge is 2.45. The molecule has 1 aliphatic heterocycles. The van der Waals surface area contributed by atoms with E-state index in [1.54, 1.807) is 0 Å². The number of imide groups is 1. The van der Waals surface area contributed by atoms with Crippen molar-refractivity contribution in [2.24, 2.45) is 11.7 Å². The summed E-state index contributed by atoms with van der Waals surface area (Å²) in [6.07, 6.45) is 7.59. The van der Waals surface area contributed by atoms with Crippen LogP contribution in [0.4, 0.5) is 4.79 Å². The molecule has 6 heteroatoms. The zero-order valence-corrected chi connectivity index (χ0v) is 12.4. The molecule has 1 atom stereocenters. The van der Waals surface area contributed by atoms with Gasteiger partial charge in [-0.2, -0.15) is 5.26 Å². The van der Waals surface area contributed by atoms with Crippen molar-refractivity contribution < 1.29 is 9.59 Å². The largest absolute Gasteiger partial charge is 0.351 e. The van der Waals surface area contributed by atoms with Gasteiger partial charge in [0.2, 0.25) is 5.91 Å². The summed E-state index contributed by atoms with van der Waals surface area (Å²) < 4.78 is 0. The minimum atomic E-state index is -1.10. The highest BCUT2D eigenvalue weighted by Crippen LogP contribution is 2.29. The predicted molar refractivity (Wildman–Crippen MR) is 78.1 cm³/mol. The van der Waals surface area contributed by atoms with Crippen molar-refractivity contribution in [3.05, 3.63) is 0 Å². The second-order valence-electron chi connectivity index (χ2n) is 6.18. The molecule has 1 saturated carbocycles. The Hall–Kier alpha value is -1.61. The van der Waals surface area contributed by atoms with E-state index in [1.165, 1.54) is 19.3 Å². The van der Waals surface area contributed by atoms with Gasteiger partial charge in [-0.15, -0.1) is 0 Å². The van der Waals surface area contributed by atoms with Gasteiger partial charge in [0, 0.05) is 13.0 Å². The highest BCUT2D eigenvalue weighted by molar-refractivity contribution is 5.95. The van der Waals surface area contributed by atoms with Crippen LogP contribution >= 0.6 is 0 Å². The molecule has 1 aliphatic carbocycles. The molecule has 3 N–H and O–H groups in total. The van der Waals surface area contributed by atoms with Gasteiger partial charge >= 0.3 is 6.03 Å². The molecule has 0 aromatic carbocycles. The molecule has 0 aromatic heterocycles. The van der Waals surface area contributed by atoms with Gasteiger partial charge < -0.3 is 11.1 Å². The summed E-state index contributed by atoms with van der Waals surface area (Å²) in [6, 6.07) is 1.31. The van der Waals surface area contributed by atoms with Crippen LogP contribution in [0, 0.1) is 17.2 Å². The standard InChI is InChI=1S/C15H24N4O2/c16-10-15(8-9-18-11-15)19(14(17)21)13(20)7-6-12-4-2-1-3-5-12/h12,18H,1-9,11H2,(H2,17,21). The highest BCUT2D eigenvalue weighted by atomic mass is 16.2. The van der Waals surface area contributed by atoms with Crippen LogP contribution in [0.5, 0.6) is 0 Å². The zero-order chi connectivity index (χ0) is 15.3. The molecule has 1 heterocycles. The fraction of sp³-hybridized carbons (Fsp3) is 0.800. The van der Waals surface area contributed by atoms with Gasteiger partial charge in [-0.25, -0.2) is 9.69 Å². The third kappa shape index (κ3) is 3.53. The lowest BCUT2D eigenvalue weighted by Gasteiger charge is -2.32. The van der Waals surface area contributed by atoms with E-state index in [9.17, 15) is 14.9 Å². The molecule has 0 radical (unpaired) electrons. The molecule has 0 aromatic rings. The van der Waals surface area contributed by atoms with Gasteiger partial charge in [-0.3, -0.25) is 4.79 Å². The number of hydrogen-bond acceptors (Lipinski definition) is 4. The second-order valence-corrected chi connectivity index (χ2v) is 6.18. The first kappa shape index (κ1) is 15.8. The van der Waals surface area contributed by atoms with Crippen LogP contribution in [-0.2, 0) is 4.79 Å². The number of primary amides is 1. The number of carbonyl (C=O) groups is 2. The van der Waals surface area contributed by atoms with Crippen molar-refractivity contribution in [3.8, 4) is 6.07 Å². The maximum absolute atomic E-state index is 12.4. The first-order valence-corrected chi connectivity index (χ1v) is 7.83. The van der Waals surface area contributed by atoms with Crippen molar-refractivity contribution in [2.45, 2.75) is 56.9 Å². The van der Waals surface area contributed by atoms with Crippen LogP contribution in [-0.4, -0.2) is 35.5 Å². The van der Waals surface area contributed by atoms with Gasteiger partial charge in [-0.05, 0) is 25.3 Å². The lowest BCUT2D eigenvalue weighted by atomic mass is 9.86. The Kier molecular flexibility index (Phi) is 5.18. The molecule has 0 spiro atoms. The Bertz CT molecular complexity index is 431. The van der Waals surface area contributed by atoms with E-state index in [1.807, 2.05) is 0 Å². The Morgan fingerprint density at radius 1 is 1.33 bits per heavy atom. The summed E-state index contributed by atoms with van der Waals surface area (Å²) >= 11 is 0. The fourth-order valence-corrected chi connectivity index (χ4v) is 3.50. The summed E-state index contributed by atoms with van der Waals surface area (Å²) in [7, 11) is 0. The van der Waals surface area contributed by atoms with E-state index < -0.39 is 11.6 Å². The minimum absolute atomic E-state index is 0.303. The number of rotatable bonds is 4. The monoisotopic (exact) mass is 292 g/mol. The Labute approximate surface area is 125 Å². The third-order valence-corrected chi connectivity index (χ3v) is 4.73. The number of urea groups is 1. The van der Waals surface area contributed by atoms with Crippen LogP contribution in [0.2, 0.25) is 0 Å². The first-order valence-electron chi connectivity index (χ1n) is 7.83. The summed E-state index contributed by atoms with van der Waals surface area (Å²) in [5, 5.41) is 12.4. The van der Waals surface area contributed by atoms with Crippen molar-refractivity contribution in [2.75, 3.05) is 13.1 Å². The average molecular weight is 292 g/mol. The maximum Gasteiger partial charge on any atom is 0.322 e. The number of nitriles is 1. The summed E-state index contributed by atoms with van der Waals surface area (Å²) in [4.78, 5) is 25.1. The number of nitrogens with two attached hydrogens (primary N) is 1. The molecule has 2 fully saturated rings. The van der Waals surface area contributed by atoms with Crippen LogP contribution in [0.15, 0.2) is 0 Å². The molecule has 3 amide bonds. The van der Waals surface area contributed by atoms with Crippen molar-refractivity contribution in [1.29, 1.82) is 5.26 Å². The second kappa shape index (κ2) is 6.90. The zero-order valence-electron chi connectivity index (χ0n) is 12.4. The molecule has 1 unspecified atom stereocenters. The predicted octanol–water partition coefficient (Wildman–Crippen LogP) is 1.51. The lowest BCUT2D eigenvalue weighted by molar-refractivity contribution is -0.131. The Morgan fingerprint density at radius 3 is 2.57 bits per heavy atom. The van der Waals surface area contributed by atoms with E-state index >= 15 is 0 Å². The van der Waals surface area contributed by atoms with Gasteiger partial charge in [-0.1, -0.05) is 32.1 Å². The lowest BCUT2D eigenvalue weighted by Crippen LogP contribution is -2.57. The van der Waals surface area contributed by atoms with Crippen LogP contribution in [0.3, 0.4) is 0 Å². The van der Waals surface area contributed by atoms with Crippen molar-refractivity contribution >= 4 is 11.9 Å². The van der Waals surface area contributed by atoms with E-state index in [-0.39, 0.29) is 5.91 Å². The maximum atomic E-state index is 12.4. The van der Waals surface area contributed by atoms with Crippen LogP contribution in [0.25, 0.3) is 0 Å². The van der Waals surface area contributed by atoms with E-state index in [0.717, 1.165) is 24.2 Å². The summed E-state index contributed by atoms with van der Waals surface area (Å²) in [6.45, 7) is 0.925. The van der Waals surface area contributed by atoms with Gasteiger partial charge in [0.25, 0.3) is 0 Å². The van der Waals surface area contributed by atoms with Crippen LogP contribution < -0.4 is 11.1 Å². The van der Waals surface area contributed by atoms with Crippen molar-refractivity contribution in [3.63, 3.8) is 0 Å². The summed E-state index contributed by atoms with van der Waals surface area (Å²) in [5.74, 6) is 0.260. The smallest absolute Gasteiger partial charge is 0.322 e. The number of amides is 3. The number of nitrogens with one attached hydrogen (secondary N) is 1. The normalized spacial score (nSPS) is 26.2. The molecule has 0 bridgehead atoms. The fourth-order valence-electron chi connectivity index (χ4n) is 3.50. The Morgan fingerprint density at radius 2 is 2.05 bits per heavy atom. The van der Waals surface area contributed by atoms with Gasteiger partial charge in [0.1, 0.15) is 0 Å².